The molecule has 0 atom stereocenters. The summed E-state index contributed by atoms with van der Waals surface area (Å²) in [7, 11) is 3.94. The minimum Gasteiger partial charge on any atom is -0.480 e. The van der Waals surface area contributed by atoms with E-state index in [2.05, 4.69) is 10.4 Å². The first kappa shape index (κ1) is 14.2. The van der Waals surface area contributed by atoms with Crippen molar-refractivity contribution in [3.05, 3.63) is 18.0 Å². The lowest BCUT2D eigenvalue weighted by Gasteiger charge is -2.09. The molecule has 0 unspecified atom stereocenters. The van der Waals surface area contributed by atoms with E-state index in [0.29, 0.717) is 6.54 Å². The van der Waals surface area contributed by atoms with Crippen LogP contribution < -0.4 is 5.32 Å². The summed E-state index contributed by atoms with van der Waals surface area (Å²) in [6.07, 6.45) is 2.33. The Hall–Kier alpha value is -1.89. The molecule has 0 aromatic carbocycles. The highest BCUT2D eigenvalue weighted by atomic mass is 16.4. The zero-order chi connectivity index (χ0) is 13.5. The van der Waals surface area contributed by atoms with Crippen LogP contribution in [0.1, 0.15) is 16.9 Å². The third kappa shape index (κ3) is 4.96. The molecule has 0 aliphatic heterocycles. The molecule has 100 valence electrons. The Labute approximate surface area is 105 Å². The Kier molecular flexibility index (Phi) is 5.31. The van der Waals surface area contributed by atoms with Crippen molar-refractivity contribution in [3.63, 3.8) is 0 Å². The monoisotopic (exact) mass is 254 g/mol. The third-order valence-corrected chi connectivity index (χ3v) is 2.24. The second-order valence-corrected chi connectivity index (χ2v) is 4.21. The van der Waals surface area contributed by atoms with Crippen LogP contribution in [0.4, 0.5) is 0 Å². The van der Waals surface area contributed by atoms with E-state index < -0.39 is 5.97 Å². The first-order valence-electron chi connectivity index (χ1n) is 5.67. The zero-order valence-electron chi connectivity index (χ0n) is 10.6. The van der Waals surface area contributed by atoms with Gasteiger partial charge in [-0.05, 0) is 33.1 Å². The number of amides is 1. The van der Waals surface area contributed by atoms with E-state index in [1.165, 1.54) is 16.9 Å². The molecule has 0 bridgehead atoms. The molecule has 0 aliphatic carbocycles. The number of carbonyl (C=O) groups excluding carboxylic acids is 1. The smallest absolute Gasteiger partial charge is 0.325 e. The van der Waals surface area contributed by atoms with Gasteiger partial charge in [-0.1, -0.05) is 0 Å². The van der Waals surface area contributed by atoms with Gasteiger partial charge >= 0.3 is 5.97 Å². The minimum absolute atomic E-state index is 0.237. The van der Waals surface area contributed by atoms with Gasteiger partial charge in [0.15, 0.2) is 0 Å². The molecule has 7 heteroatoms. The summed E-state index contributed by atoms with van der Waals surface area (Å²) in [6.45, 7) is 1.23. The van der Waals surface area contributed by atoms with Crippen LogP contribution in [0.25, 0.3) is 0 Å². The fourth-order valence-electron chi connectivity index (χ4n) is 1.40. The second kappa shape index (κ2) is 6.75. The van der Waals surface area contributed by atoms with Crippen molar-refractivity contribution in [1.29, 1.82) is 0 Å². The average molecular weight is 254 g/mol. The van der Waals surface area contributed by atoms with Crippen molar-refractivity contribution in [2.75, 3.05) is 27.2 Å². The molecule has 0 fully saturated rings. The van der Waals surface area contributed by atoms with Crippen molar-refractivity contribution >= 4 is 11.9 Å². The molecule has 0 spiro atoms. The summed E-state index contributed by atoms with van der Waals surface area (Å²) in [5.74, 6) is -1.27. The van der Waals surface area contributed by atoms with Crippen LogP contribution in [0.5, 0.6) is 0 Å². The van der Waals surface area contributed by atoms with Crippen molar-refractivity contribution in [2.45, 2.75) is 13.0 Å². The maximum atomic E-state index is 11.6. The number of hydrogen-bond donors (Lipinski definition) is 2. The van der Waals surface area contributed by atoms with Gasteiger partial charge in [0.25, 0.3) is 5.91 Å². The molecule has 1 rings (SSSR count). The van der Waals surface area contributed by atoms with E-state index in [-0.39, 0.29) is 18.1 Å². The van der Waals surface area contributed by atoms with E-state index in [1.807, 2.05) is 19.0 Å². The number of nitrogens with one attached hydrogen (secondary N) is 1. The Morgan fingerprint density at radius 3 is 2.83 bits per heavy atom. The molecule has 0 saturated heterocycles. The van der Waals surface area contributed by atoms with Crippen LogP contribution >= 0.6 is 0 Å². The van der Waals surface area contributed by atoms with Crippen molar-refractivity contribution in [3.8, 4) is 0 Å². The van der Waals surface area contributed by atoms with E-state index in [4.69, 9.17) is 5.11 Å². The first-order valence-corrected chi connectivity index (χ1v) is 5.67. The standard InChI is InChI=1S/C11H18N4O3/c1-14(2)6-3-5-12-11(18)9-4-7-15(13-9)8-10(16)17/h4,7H,3,5-6,8H2,1-2H3,(H,12,18)(H,16,17). The van der Waals surface area contributed by atoms with Crippen molar-refractivity contribution in [1.82, 2.24) is 20.0 Å². The normalized spacial score (nSPS) is 10.6. The summed E-state index contributed by atoms with van der Waals surface area (Å²) in [5, 5.41) is 15.2. The number of carbonyl (C=O) groups is 2. The summed E-state index contributed by atoms with van der Waals surface area (Å²) in [5.41, 5.74) is 0.237. The number of aliphatic carboxylic acids is 1. The SMILES string of the molecule is CN(C)CCCNC(=O)c1ccn(CC(=O)O)n1. The lowest BCUT2D eigenvalue weighted by molar-refractivity contribution is -0.137. The zero-order valence-corrected chi connectivity index (χ0v) is 10.6. The Bertz CT molecular complexity index is 414. The highest BCUT2D eigenvalue weighted by molar-refractivity contribution is 5.92. The lowest BCUT2D eigenvalue weighted by atomic mass is 10.3. The van der Waals surface area contributed by atoms with Gasteiger partial charge in [0.2, 0.25) is 0 Å². The van der Waals surface area contributed by atoms with Gasteiger partial charge in [-0.2, -0.15) is 5.10 Å². The van der Waals surface area contributed by atoms with Crippen LogP contribution in [0.2, 0.25) is 0 Å². The molecule has 18 heavy (non-hydrogen) atoms. The molecular weight excluding hydrogens is 236 g/mol. The van der Waals surface area contributed by atoms with Crippen molar-refractivity contribution in [2.24, 2.45) is 0 Å². The van der Waals surface area contributed by atoms with Crippen LogP contribution in [0.15, 0.2) is 12.3 Å². The minimum atomic E-state index is -0.990. The number of aromatic nitrogens is 2. The lowest BCUT2D eigenvalue weighted by Crippen LogP contribution is -2.27. The van der Waals surface area contributed by atoms with Gasteiger partial charge in [-0.3, -0.25) is 14.3 Å². The third-order valence-electron chi connectivity index (χ3n) is 2.24. The predicted octanol–water partition coefficient (Wildman–Crippen LogP) is -0.351. The molecule has 2 N–H and O–H groups in total. The number of carboxylic acids is 1. The molecule has 1 aromatic heterocycles. The van der Waals surface area contributed by atoms with Crippen LogP contribution in [-0.4, -0.2) is 58.8 Å². The molecule has 1 heterocycles. The molecule has 1 aromatic rings. The Morgan fingerprint density at radius 2 is 2.22 bits per heavy atom. The highest BCUT2D eigenvalue weighted by Crippen LogP contribution is 1.96. The second-order valence-electron chi connectivity index (χ2n) is 4.21. The quantitative estimate of drug-likeness (QED) is 0.649. The molecule has 1 amide bonds. The maximum Gasteiger partial charge on any atom is 0.325 e. The molecular formula is C11H18N4O3. The van der Waals surface area contributed by atoms with E-state index in [1.54, 1.807) is 0 Å². The van der Waals surface area contributed by atoms with Gasteiger partial charge in [-0.25, -0.2) is 0 Å². The van der Waals surface area contributed by atoms with E-state index in [0.717, 1.165) is 13.0 Å². The van der Waals surface area contributed by atoms with Crippen LogP contribution in [-0.2, 0) is 11.3 Å². The Morgan fingerprint density at radius 1 is 1.50 bits per heavy atom. The molecule has 0 radical (unpaired) electrons. The van der Waals surface area contributed by atoms with E-state index >= 15 is 0 Å². The fraction of sp³-hybridized carbons (Fsp3) is 0.545. The van der Waals surface area contributed by atoms with E-state index in [9.17, 15) is 9.59 Å². The number of carboxylic acid groups (broad SMARTS) is 1. The van der Waals surface area contributed by atoms with Crippen molar-refractivity contribution < 1.29 is 14.7 Å². The fourth-order valence-corrected chi connectivity index (χ4v) is 1.40. The summed E-state index contributed by atoms with van der Waals surface area (Å²) < 4.78 is 1.22. The topological polar surface area (TPSA) is 87.5 Å². The summed E-state index contributed by atoms with van der Waals surface area (Å²) in [4.78, 5) is 24.1. The Balaban J connectivity index is 2.37. The number of hydrogen-bond acceptors (Lipinski definition) is 4. The van der Waals surface area contributed by atoms with Crippen LogP contribution in [0.3, 0.4) is 0 Å². The average Bonchev–Trinajstić information content (AvgIpc) is 2.71. The summed E-state index contributed by atoms with van der Waals surface area (Å²) in [6, 6.07) is 1.50. The largest absolute Gasteiger partial charge is 0.480 e. The van der Waals surface area contributed by atoms with Gasteiger partial charge in [0.1, 0.15) is 12.2 Å². The maximum absolute atomic E-state index is 11.6. The van der Waals surface area contributed by atoms with Gasteiger partial charge < -0.3 is 15.3 Å². The molecule has 0 aliphatic rings. The first-order chi connectivity index (χ1) is 8.49. The number of rotatable bonds is 7. The van der Waals surface area contributed by atoms with Gasteiger partial charge in [0.05, 0.1) is 0 Å². The van der Waals surface area contributed by atoms with Gasteiger partial charge in [0, 0.05) is 12.7 Å². The molecule has 7 nitrogen and oxygen atoms in total. The highest BCUT2D eigenvalue weighted by Gasteiger charge is 2.09. The summed E-state index contributed by atoms with van der Waals surface area (Å²) >= 11 is 0. The van der Waals surface area contributed by atoms with Crippen LogP contribution in [0, 0.1) is 0 Å². The molecule has 0 saturated carbocycles. The van der Waals surface area contributed by atoms with Gasteiger partial charge in [-0.15, -0.1) is 0 Å². The predicted molar refractivity (Wildman–Crippen MR) is 65.4 cm³/mol. The number of nitrogens with zero attached hydrogens (tertiary/aromatic N) is 3.